The molecule has 0 spiro atoms. The number of amides is 2. The van der Waals surface area contributed by atoms with E-state index in [4.69, 9.17) is 0 Å². The summed E-state index contributed by atoms with van der Waals surface area (Å²) in [5.41, 5.74) is 0.0957. The van der Waals surface area contributed by atoms with Crippen LogP contribution in [-0.2, 0) is 9.59 Å². The number of nitrogens with zero attached hydrogens (tertiary/aromatic N) is 1. The molecule has 1 aromatic heterocycles. The first kappa shape index (κ1) is 16.2. The van der Waals surface area contributed by atoms with Crippen LogP contribution >= 0.6 is 0 Å². The average molecular weight is 301 g/mol. The molecular formula is C17H23N3O2. The molecule has 1 aliphatic carbocycles. The number of rotatable bonds is 5. The van der Waals surface area contributed by atoms with Crippen molar-refractivity contribution in [3.05, 3.63) is 36.2 Å². The zero-order valence-corrected chi connectivity index (χ0v) is 13.0. The monoisotopic (exact) mass is 301 g/mol. The molecule has 2 rings (SSSR count). The highest BCUT2D eigenvalue weighted by molar-refractivity contribution is 5.97. The van der Waals surface area contributed by atoms with Crippen LogP contribution in [0.4, 0.5) is 0 Å². The third kappa shape index (κ3) is 4.16. The zero-order chi connectivity index (χ0) is 15.8. The largest absolute Gasteiger partial charge is 0.354 e. The molecule has 0 radical (unpaired) electrons. The van der Waals surface area contributed by atoms with E-state index >= 15 is 0 Å². The molecule has 0 saturated heterocycles. The van der Waals surface area contributed by atoms with Crippen molar-refractivity contribution in [2.45, 2.75) is 44.6 Å². The molecule has 118 valence electrons. The summed E-state index contributed by atoms with van der Waals surface area (Å²) >= 11 is 0. The maximum absolute atomic E-state index is 12.4. The highest BCUT2D eigenvalue weighted by Crippen LogP contribution is 2.28. The van der Waals surface area contributed by atoms with Crippen molar-refractivity contribution in [1.82, 2.24) is 15.6 Å². The number of nitrogens with one attached hydrogen (secondary N) is 2. The summed E-state index contributed by atoms with van der Waals surface area (Å²) in [6, 6.07) is 3.69. The highest BCUT2D eigenvalue weighted by atomic mass is 16.2. The minimum absolute atomic E-state index is 0.0715. The highest BCUT2D eigenvalue weighted by Gasteiger charge is 2.40. The van der Waals surface area contributed by atoms with Crippen LogP contribution < -0.4 is 10.6 Å². The first-order valence-corrected chi connectivity index (χ1v) is 7.85. The molecule has 0 bridgehead atoms. The Kier molecular flexibility index (Phi) is 5.69. The van der Waals surface area contributed by atoms with E-state index in [1.165, 1.54) is 6.08 Å². The molecule has 5 nitrogen and oxygen atoms in total. The van der Waals surface area contributed by atoms with Crippen LogP contribution in [0.25, 0.3) is 6.08 Å². The van der Waals surface area contributed by atoms with Gasteiger partial charge in [-0.3, -0.25) is 14.6 Å². The average Bonchev–Trinajstić information content (AvgIpc) is 2.55. The molecule has 1 aromatic rings. The van der Waals surface area contributed by atoms with Crippen LogP contribution in [0.3, 0.4) is 0 Å². The Bertz CT molecular complexity index is 534. The smallest absolute Gasteiger partial charge is 0.245 e. The van der Waals surface area contributed by atoms with Gasteiger partial charge in [-0.15, -0.1) is 0 Å². The third-order valence-electron chi connectivity index (χ3n) is 3.95. The SMILES string of the molecule is CCNC(=O)C1(NC(=O)C=Cc2cccnc2)CCCCC1. The first-order chi connectivity index (χ1) is 10.7. The van der Waals surface area contributed by atoms with E-state index in [0.29, 0.717) is 19.4 Å². The van der Waals surface area contributed by atoms with E-state index in [0.717, 1.165) is 24.8 Å². The van der Waals surface area contributed by atoms with Gasteiger partial charge in [-0.25, -0.2) is 0 Å². The van der Waals surface area contributed by atoms with Crippen LogP contribution in [-0.4, -0.2) is 28.9 Å². The van der Waals surface area contributed by atoms with E-state index in [1.807, 2.05) is 19.1 Å². The van der Waals surface area contributed by atoms with Gasteiger partial charge in [0.2, 0.25) is 11.8 Å². The molecule has 0 aromatic carbocycles. The van der Waals surface area contributed by atoms with Crippen molar-refractivity contribution in [2.24, 2.45) is 0 Å². The summed E-state index contributed by atoms with van der Waals surface area (Å²) in [5, 5.41) is 5.78. The summed E-state index contributed by atoms with van der Waals surface area (Å²) in [6.07, 6.45) is 11.0. The molecule has 0 atom stereocenters. The van der Waals surface area contributed by atoms with E-state index < -0.39 is 5.54 Å². The zero-order valence-electron chi connectivity index (χ0n) is 13.0. The second kappa shape index (κ2) is 7.73. The molecule has 2 N–H and O–H groups in total. The van der Waals surface area contributed by atoms with Gasteiger partial charge in [-0.2, -0.15) is 0 Å². The normalized spacial score (nSPS) is 17.1. The second-order valence-corrected chi connectivity index (χ2v) is 5.61. The van der Waals surface area contributed by atoms with Crippen LogP contribution in [0.1, 0.15) is 44.6 Å². The third-order valence-corrected chi connectivity index (χ3v) is 3.95. The van der Waals surface area contributed by atoms with Gasteiger partial charge in [-0.1, -0.05) is 25.3 Å². The number of hydrogen-bond donors (Lipinski definition) is 2. The van der Waals surface area contributed by atoms with Gasteiger partial charge in [0, 0.05) is 25.0 Å². The number of aromatic nitrogens is 1. The number of pyridine rings is 1. The number of carbonyl (C=O) groups is 2. The fraction of sp³-hybridized carbons (Fsp3) is 0.471. The minimum Gasteiger partial charge on any atom is -0.354 e. The molecule has 2 amide bonds. The van der Waals surface area contributed by atoms with Gasteiger partial charge in [0.25, 0.3) is 0 Å². The lowest BCUT2D eigenvalue weighted by Gasteiger charge is -2.36. The fourth-order valence-corrected chi connectivity index (χ4v) is 2.82. The quantitative estimate of drug-likeness (QED) is 0.818. The Morgan fingerprint density at radius 2 is 2.09 bits per heavy atom. The Labute approximate surface area is 131 Å². The van der Waals surface area contributed by atoms with Crippen molar-refractivity contribution < 1.29 is 9.59 Å². The van der Waals surface area contributed by atoms with Gasteiger partial charge in [-0.05, 0) is 37.5 Å². The molecule has 1 heterocycles. The second-order valence-electron chi connectivity index (χ2n) is 5.61. The molecule has 1 saturated carbocycles. The Balaban J connectivity index is 2.05. The van der Waals surface area contributed by atoms with Crippen molar-refractivity contribution in [3.63, 3.8) is 0 Å². The number of carbonyl (C=O) groups excluding carboxylic acids is 2. The fourth-order valence-electron chi connectivity index (χ4n) is 2.82. The van der Waals surface area contributed by atoms with Gasteiger partial charge in [0.15, 0.2) is 0 Å². The van der Waals surface area contributed by atoms with Crippen molar-refractivity contribution in [3.8, 4) is 0 Å². The summed E-state index contributed by atoms with van der Waals surface area (Å²) in [7, 11) is 0. The van der Waals surface area contributed by atoms with E-state index in [2.05, 4.69) is 15.6 Å². The molecule has 5 heteroatoms. The maximum atomic E-state index is 12.4. The lowest BCUT2D eigenvalue weighted by Crippen LogP contribution is -2.59. The minimum atomic E-state index is -0.759. The Morgan fingerprint density at radius 1 is 1.32 bits per heavy atom. The van der Waals surface area contributed by atoms with Crippen molar-refractivity contribution in [2.75, 3.05) is 6.54 Å². The van der Waals surface area contributed by atoms with Gasteiger partial charge < -0.3 is 10.6 Å². The van der Waals surface area contributed by atoms with Crippen LogP contribution in [0, 0.1) is 0 Å². The molecule has 0 aliphatic heterocycles. The predicted octanol–water partition coefficient (Wildman–Crippen LogP) is 2.05. The topological polar surface area (TPSA) is 71.1 Å². The Hall–Kier alpha value is -2.17. The summed E-state index contributed by atoms with van der Waals surface area (Å²) in [4.78, 5) is 28.6. The molecule has 22 heavy (non-hydrogen) atoms. The van der Waals surface area contributed by atoms with Crippen molar-refractivity contribution in [1.29, 1.82) is 0 Å². The summed E-state index contributed by atoms with van der Waals surface area (Å²) in [6.45, 7) is 2.46. The van der Waals surface area contributed by atoms with E-state index in [9.17, 15) is 9.59 Å². The van der Waals surface area contributed by atoms with E-state index in [1.54, 1.807) is 18.5 Å². The molecular weight excluding hydrogens is 278 g/mol. The predicted molar refractivity (Wildman–Crippen MR) is 85.9 cm³/mol. The summed E-state index contributed by atoms with van der Waals surface area (Å²) in [5.74, 6) is -0.310. The lowest BCUT2D eigenvalue weighted by molar-refractivity contribution is -0.133. The molecule has 1 aliphatic rings. The maximum Gasteiger partial charge on any atom is 0.245 e. The van der Waals surface area contributed by atoms with Gasteiger partial charge in [0.1, 0.15) is 5.54 Å². The summed E-state index contributed by atoms with van der Waals surface area (Å²) < 4.78 is 0. The standard InChI is InChI=1S/C17H23N3O2/c1-2-19-16(22)17(10-4-3-5-11-17)20-15(21)9-8-14-7-6-12-18-13-14/h6-9,12-13H,2-5,10-11H2,1H3,(H,19,22)(H,20,21). The molecule has 0 unspecified atom stereocenters. The van der Waals surface area contributed by atoms with Crippen LogP contribution in [0.15, 0.2) is 30.6 Å². The lowest BCUT2D eigenvalue weighted by atomic mass is 9.80. The molecule has 1 fully saturated rings. The van der Waals surface area contributed by atoms with Gasteiger partial charge >= 0.3 is 0 Å². The van der Waals surface area contributed by atoms with Crippen LogP contribution in [0.5, 0.6) is 0 Å². The number of likely N-dealkylation sites (N-methyl/N-ethyl adjacent to an activating group) is 1. The first-order valence-electron chi connectivity index (χ1n) is 7.85. The van der Waals surface area contributed by atoms with Gasteiger partial charge in [0.05, 0.1) is 0 Å². The van der Waals surface area contributed by atoms with E-state index in [-0.39, 0.29) is 11.8 Å². The number of hydrogen-bond acceptors (Lipinski definition) is 3. The Morgan fingerprint density at radius 3 is 2.73 bits per heavy atom. The van der Waals surface area contributed by atoms with Crippen LogP contribution in [0.2, 0.25) is 0 Å². The van der Waals surface area contributed by atoms with Crippen molar-refractivity contribution >= 4 is 17.9 Å².